The van der Waals surface area contributed by atoms with Gasteiger partial charge in [-0.2, -0.15) is 5.10 Å². The summed E-state index contributed by atoms with van der Waals surface area (Å²) in [5.74, 6) is -2.74. The maximum absolute atomic E-state index is 14.0. The Kier molecular flexibility index (Phi) is 3.08. The Morgan fingerprint density at radius 1 is 1.38 bits per heavy atom. The second-order valence-corrected chi connectivity index (χ2v) is 6.57. The van der Waals surface area contributed by atoms with E-state index >= 15 is 0 Å². The van der Waals surface area contributed by atoms with Crippen molar-refractivity contribution < 1.29 is 13.5 Å². The van der Waals surface area contributed by atoms with Crippen molar-refractivity contribution >= 4 is 26.8 Å². The van der Waals surface area contributed by atoms with Crippen LogP contribution in [0.4, 0.5) is 8.78 Å². The molecule has 0 saturated carbocycles. The molecular weight excluding hydrogens is 342 g/mol. The predicted octanol–water partition coefficient (Wildman–Crippen LogP) is 4.54. The van der Waals surface area contributed by atoms with E-state index in [1.54, 1.807) is 6.20 Å². The minimum atomic E-state index is -2.74. The summed E-state index contributed by atoms with van der Waals surface area (Å²) in [4.78, 5) is 0. The highest BCUT2D eigenvalue weighted by molar-refractivity contribution is 9.10. The molecule has 21 heavy (non-hydrogen) atoms. The molecule has 2 aromatic rings. The molecule has 0 bridgehead atoms. The number of fused-ring (bicyclic) bond motifs is 2. The number of nitrogens with zero attached hydrogens (tertiary/aromatic N) is 2. The first-order chi connectivity index (χ1) is 10.1. The molecule has 6 heteroatoms. The van der Waals surface area contributed by atoms with Crippen LogP contribution in [0.2, 0.25) is 0 Å². The van der Waals surface area contributed by atoms with Gasteiger partial charge in [-0.1, -0.05) is 0 Å². The monoisotopic (exact) mass is 356 g/mol. The van der Waals surface area contributed by atoms with Crippen molar-refractivity contribution in [3.8, 4) is 0 Å². The van der Waals surface area contributed by atoms with Crippen LogP contribution in [0.1, 0.15) is 43.0 Å². The van der Waals surface area contributed by atoms with Crippen molar-refractivity contribution in [2.24, 2.45) is 0 Å². The van der Waals surface area contributed by atoms with E-state index in [9.17, 15) is 8.78 Å². The van der Waals surface area contributed by atoms with Crippen LogP contribution in [0.15, 0.2) is 16.7 Å². The average Bonchev–Trinajstić information content (AvgIpc) is 3.02. The largest absolute Gasteiger partial charge is 0.356 e. The molecule has 0 N–H and O–H groups in total. The molecule has 1 saturated heterocycles. The van der Waals surface area contributed by atoms with Crippen LogP contribution in [0.5, 0.6) is 0 Å². The van der Waals surface area contributed by atoms with E-state index < -0.39 is 5.92 Å². The molecule has 3 nitrogen and oxygen atoms in total. The molecule has 4 rings (SSSR count). The highest BCUT2D eigenvalue weighted by Gasteiger charge is 2.42. The Hall–Kier alpha value is -1.01. The van der Waals surface area contributed by atoms with Gasteiger partial charge in [-0.3, -0.25) is 0 Å². The molecule has 112 valence electrons. The van der Waals surface area contributed by atoms with E-state index in [0.29, 0.717) is 10.9 Å². The molecule has 2 heterocycles. The number of rotatable bonds is 1. The lowest BCUT2D eigenvalue weighted by Crippen LogP contribution is -2.19. The molecule has 0 spiro atoms. The molecule has 0 radical (unpaired) electrons. The van der Waals surface area contributed by atoms with Gasteiger partial charge in [0.05, 0.1) is 11.7 Å². The third-order valence-corrected chi connectivity index (χ3v) is 5.25. The third kappa shape index (κ3) is 2.03. The highest BCUT2D eigenvalue weighted by atomic mass is 79.9. The number of ether oxygens (including phenoxy) is 1. The van der Waals surface area contributed by atoms with Gasteiger partial charge in [-0.15, -0.1) is 0 Å². The third-order valence-electron chi connectivity index (χ3n) is 4.42. The lowest BCUT2D eigenvalue weighted by Gasteiger charge is -2.23. The van der Waals surface area contributed by atoms with Gasteiger partial charge in [0, 0.05) is 28.5 Å². The molecule has 1 aromatic carbocycles. The van der Waals surface area contributed by atoms with Crippen LogP contribution >= 0.6 is 15.9 Å². The van der Waals surface area contributed by atoms with E-state index in [2.05, 4.69) is 21.0 Å². The van der Waals surface area contributed by atoms with Crippen LogP contribution < -0.4 is 0 Å². The Morgan fingerprint density at radius 2 is 2.24 bits per heavy atom. The molecule has 1 aliphatic heterocycles. The van der Waals surface area contributed by atoms with Crippen molar-refractivity contribution in [3.63, 3.8) is 0 Å². The van der Waals surface area contributed by atoms with Gasteiger partial charge in [-0.05, 0) is 53.2 Å². The van der Waals surface area contributed by atoms with Crippen LogP contribution in [0.3, 0.4) is 0 Å². The van der Waals surface area contributed by atoms with E-state index in [1.807, 2.05) is 10.7 Å². The summed E-state index contributed by atoms with van der Waals surface area (Å²) in [6, 6.07) is 1.86. The van der Waals surface area contributed by atoms with Gasteiger partial charge in [0.15, 0.2) is 6.23 Å². The van der Waals surface area contributed by atoms with Gasteiger partial charge in [0.2, 0.25) is 0 Å². The molecule has 2 aliphatic rings. The summed E-state index contributed by atoms with van der Waals surface area (Å²) in [5.41, 5.74) is 1.74. The maximum Gasteiger partial charge on any atom is 0.274 e. The number of alkyl halides is 2. The summed E-state index contributed by atoms with van der Waals surface area (Å²) >= 11 is 3.37. The number of aryl methyl sites for hydroxylation is 1. The summed E-state index contributed by atoms with van der Waals surface area (Å²) in [5, 5.41) is 5.13. The Morgan fingerprint density at radius 3 is 3.00 bits per heavy atom. The van der Waals surface area contributed by atoms with E-state index in [4.69, 9.17) is 4.74 Å². The van der Waals surface area contributed by atoms with E-state index in [0.717, 1.165) is 42.3 Å². The second kappa shape index (κ2) is 4.74. The lowest BCUT2D eigenvalue weighted by molar-refractivity contribution is -0.0366. The summed E-state index contributed by atoms with van der Waals surface area (Å²) < 4.78 is 36.1. The smallest absolute Gasteiger partial charge is 0.274 e. The lowest BCUT2D eigenvalue weighted by atomic mass is 10.1. The van der Waals surface area contributed by atoms with Crippen molar-refractivity contribution in [2.45, 2.75) is 44.3 Å². The van der Waals surface area contributed by atoms with Crippen molar-refractivity contribution in [1.29, 1.82) is 0 Å². The fourth-order valence-electron chi connectivity index (χ4n) is 3.35. The van der Waals surface area contributed by atoms with Crippen molar-refractivity contribution in [2.75, 3.05) is 6.61 Å². The zero-order valence-electron chi connectivity index (χ0n) is 11.4. The summed E-state index contributed by atoms with van der Waals surface area (Å²) in [6.07, 6.45) is 4.97. The average molecular weight is 357 g/mol. The van der Waals surface area contributed by atoms with Gasteiger partial charge in [0.25, 0.3) is 5.92 Å². The number of benzene rings is 1. The zero-order valence-corrected chi connectivity index (χ0v) is 13.0. The van der Waals surface area contributed by atoms with Crippen molar-refractivity contribution in [1.82, 2.24) is 9.78 Å². The highest BCUT2D eigenvalue weighted by Crippen LogP contribution is 2.48. The maximum atomic E-state index is 14.0. The fourth-order valence-corrected chi connectivity index (χ4v) is 4.20. The molecule has 1 aromatic heterocycles. The standard InChI is InChI=1S/C15H15BrF2N2O/c16-14-10-8-19-20(12-3-1-2-6-21-12)11(10)7-9-4-5-15(17,18)13(9)14/h7-8,12H,1-6H2. The minimum absolute atomic E-state index is 0.0805. The number of hydrogen-bond acceptors (Lipinski definition) is 2. The first-order valence-corrected chi connectivity index (χ1v) is 8.06. The summed E-state index contributed by atoms with van der Waals surface area (Å²) in [7, 11) is 0. The molecule has 0 amide bonds. The van der Waals surface area contributed by atoms with Crippen molar-refractivity contribution in [3.05, 3.63) is 27.9 Å². The van der Waals surface area contributed by atoms with Crippen LogP contribution in [-0.2, 0) is 17.1 Å². The SMILES string of the molecule is FC1(F)CCc2cc3c(cnn3C3CCCCO3)c(Br)c21. The van der Waals surface area contributed by atoms with Gasteiger partial charge < -0.3 is 4.74 Å². The fraction of sp³-hybridized carbons (Fsp3) is 0.533. The normalized spacial score (nSPS) is 24.4. The topological polar surface area (TPSA) is 27.1 Å². The molecule has 1 fully saturated rings. The Balaban J connectivity index is 1.88. The Bertz CT molecular complexity index is 707. The summed E-state index contributed by atoms with van der Waals surface area (Å²) in [6.45, 7) is 0.732. The minimum Gasteiger partial charge on any atom is -0.356 e. The van der Waals surface area contributed by atoms with Gasteiger partial charge in [-0.25, -0.2) is 13.5 Å². The quantitative estimate of drug-likeness (QED) is 0.750. The molecule has 1 unspecified atom stereocenters. The van der Waals surface area contributed by atoms with Crippen LogP contribution in [0, 0.1) is 0 Å². The van der Waals surface area contributed by atoms with Gasteiger partial charge >= 0.3 is 0 Å². The Labute approximate surface area is 129 Å². The van der Waals surface area contributed by atoms with Gasteiger partial charge in [0.1, 0.15) is 0 Å². The van der Waals surface area contributed by atoms with Crippen LogP contribution in [0.25, 0.3) is 10.9 Å². The number of halogens is 3. The number of aromatic nitrogens is 2. The predicted molar refractivity (Wildman–Crippen MR) is 78.5 cm³/mol. The van der Waals surface area contributed by atoms with E-state index in [-0.39, 0.29) is 18.2 Å². The van der Waals surface area contributed by atoms with E-state index in [1.165, 1.54) is 0 Å². The number of hydrogen-bond donors (Lipinski definition) is 0. The molecular formula is C15H15BrF2N2O. The first kappa shape index (κ1) is 13.6. The molecule has 1 aliphatic carbocycles. The zero-order chi connectivity index (χ0) is 14.6. The second-order valence-electron chi connectivity index (χ2n) is 5.77. The van der Waals surface area contributed by atoms with Crippen LogP contribution in [-0.4, -0.2) is 16.4 Å². The first-order valence-electron chi connectivity index (χ1n) is 7.26. The molecule has 1 atom stereocenters.